The van der Waals surface area contributed by atoms with Gasteiger partial charge < -0.3 is 10.1 Å². The molecule has 2 aromatic heterocycles. The summed E-state index contributed by atoms with van der Waals surface area (Å²) in [5.41, 5.74) is 0.792. The van der Waals surface area contributed by atoms with Crippen LogP contribution in [0.1, 0.15) is 33.0 Å². The van der Waals surface area contributed by atoms with Gasteiger partial charge in [0.05, 0.1) is 12.0 Å². The molecule has 0 aliphatic heterocycles. The SMILES string of the molecule is COC(=O)C(Cc1ccc(Cl)nc1)NC(=O)c1ccc(CC2CC2)s1. The predicted molar refractivity (Wildman–Crippen MR) is 97.0 cm³/mol. The summed E-state index contributed by atoms with van der Waals surface area (Å²) in [7, 11) is 1.31. The lowest BCUT2D eigenvalue weighted by atomic mass is 10.1. The zero-order chi connectivity index (χ0) is 17.8. The maximum atomic E-state index is 12.5. The third-order valence-corrected chi connectivity index (χ3v) is 5.42. The van der Waals surface area contributed by atoms with Crippen LogP contribution in [0.4, 0.5) is 0 Å². The summed E-state index contributed by atoms with van der Waals surface area (Å²) < 4.78 is 4.81. The molecule has 1 aliphatic rings. The first-order valence-corrected chi connectivity index (χ1v) is 9.32. The first kappa shape index (κ1) is 17.9. The van der Waals surface area contributed by atoms with E-state index in [1.54, 1.807) is 18.3 Å². The normalized spacial score (nSPS) is 14.8. The van der Waals surface area contributed by atoms with Crippen LogP contribution in [0.5, 0.6) is 0 Å². The minimum Gasteiger partial charge on any atom is -0.467 e. The molecular weight excluding hydrogens is 360 g/mol. The van der Waals surface area contributed by atoms with Gasteiger partial charge in [0.1, 0.15) is 11.2 Å². The number of ether oxygens (including phenoxy) is 1. The van der Waals surface area contributed by atoms with Crippen molar-refractivity contribution in [1.82, 2.24) is 10.3 Å². The first-order chi connectivity index (χ1) is 12.0. The Kier molecular flexibility index (Phi) is 5.71. The Morgan fingerprint density at radius 3 is 2.80 bits per heavy atom. The lowest BCUT2D eigenvalue weighted by Gasteiger charge is -2.16. The smallest absolute Gasteiger partial charge is 0.328 e. The maximum Gasteiger partial charge on any atom is 0.328 e. The average Bonchev–Trinajstić information content (AvgIpc) is 3.30. The van der Waals surface area contributed by atoms with E-state index in [1.807, 2.05) is 12.1 Å². The van der Waals surface area contributed by atoms with Crippen LogP contribution in [-0.4, -0.2) is 30.0 Å². The van der Waals surface area contributed by atoms with E-state index in [0.29, 0.717) is 16.5 Å². The molecule has 1 unspecified atom stereocenters. The molecule has 1 saturated carbocycles. The molecule has 0 aromatic carbocycles. The van der Waals surface area contributed by atoms with Gasteiger partial charge >= 0.3 is 5.97 Å². The second-order valence-corrected chi connectivity index (χ2v) is 7.71. The van der Waals surface area contributed by atoms with Gasteiger partial charge in [-0.05, 0) is 48.9 Å². The van der Waals surface area contributed by atoms with E-state index >= 15 is 0 Å². The minimum absolute atomic E-state index is 0.260. The van der Waals surface area contributed by atoms with E-state index < -0.39 is 12.0 Å². The Hall–Kier alpha value is -1.92. The van der Waals surface area contributed by atoms with Crippen LogP contribution in [0, 0.1) is 5.92 Å². The van der Waals surface area contributed by atoms with Crippen molar-refractivity contribution in [3.63, 3.8) is 0 Å². The molecule has 1 fully saturated rings. The van der Waals surface area contributed by atoms with Gasteiger partial charge in [-0.3, -0.25) is 4.79 Å². The van der Waals surface area contributed by atoms with Gasteiger partial charge in [0.25, 0.3) is 5.91 Å². The summed E-state index contributed by atoms with van der Waals surface area (Å²) in [6.07, 6.45) is 5.47. The summed E-state index contributed by atoms with van der Waals surface area (Å²) >= 11 is 7.26. The topological polar surface area (TPSA) is 68.3 Å². The maximum absolute atomic E-state index is 12.5. The molecule has 2 aromatic rings. The Morgan fingerprint density at radius 1 is 1.36 bits per heavy atom. The number of methoxy groups -OCH3 is 1. The molecule has 1 aliphatic carbocycles. The van der Waals surface area contributed by atoms with Crippen molar-refractivity contribution in [1.29, 1.82) is 0 Å². The van der Waals surface area contributed by atoms with Gasteiger partial charge in [-0.1, -0.05) is 17.7 Å². The zero-order valence-electron chi connectivity index (χ0n) is 13.8. The summed E-state index contributed by atoms with van der Waals surface area (Å²) in [6.45, 7) is 0. The fourth-order valence-electron chi connectivity index (χ4n) is 2.54. The van der Waals surface area contributed by atoms with Crippen LogP contribution in [0.3, 0.4) is 0 Å². The minimum atomic E-state index is -0.769. The highest BCUT2D eigenvalue weighted by atomic mass is 35.5. The number of carbonyl (C=O) groups is 2. The van der Waals surface area contributed by atoms with Crippen LogP contribution in [0.15, 0.2) is 30.5 Å². The Bertz CT molecular complexity index is 756. The second-order valence-electron chi connectivity index (χ2n) is 6.16. The van der Waals surface area contributed by atoms with Crippen molar-refractivity contribution in [2.75, 3.05) is 7.11 Å². The molecule has 3 rings (SSSR count). The number of thiophene rings is 1. The molecule has 0 radical (unpaired) electrons. The molecule has 0 spiro atoms. The Labute approximate surface area is 155 Å². The van der Waals surface area contributed by atoms with Crippen LogP contribution in [0.25, 0.3) is 0 Å². The number of nitrogens with one attached hydrogen (secondary N) is 1. The van der Waals surface area contributed by atoms with Gasteiger partial charge in [0.15, 0.2) is 0 Å². The standard InChI is InChI=1S/C18H19ClN2O3S/c1-24-18(23)14(9-12-4-7-16(19)20-10-12)21-17(22)15-6-5-13(25-15)8-11-2-3-11/h4-7,10-11,14H,2-3,8-9H2,1H3,(H,21,22). The third kappa shape index (κ3) is 5.03. The molecule has 1 atom stereocenters. The number of rotatable bonds is 7. The molecule has 7 heteroatoms. The second kappa shape index (κ2) is 7.97. The number of esters is 1. The highest BCUT2D eigenvalue weighted by Gasteiger charge is 2.25. The molecule has 5 nitrogen and oxygen atoms in total. The first-order valence-electron chi connectivity index (χ1n) is 8.13. The average molecular weight is 379 g/mol. The largest absolute Gasteiger partial charge is 0.467 e. The van der Waals surface area contributed by atoms with Gasteiger partial charge in [-0.25, -0.2) is 9.78 Å². The molecule has 1 N–H and O–H groups in total. The number of amides is 1. The molecule has 25 heavy (non-hydrogen) atoms. The number of halogens is 1. The fourth-order valence-corrected chi connectivity index (χ4v) is 3.68. The van der Waals surface area contributed by atoms with Gasteiger partial charge in [0.2, 0.25) is 0 Å². The van der Waals surface area contributed by atoms with Crippen molar-refractivity contribution in [2.24, 2.45) is 5.92 Å². The summed E-state index contributed by atoms with van der Waals surface area (Å²) in [4.78, 5) is 30.3. The monoisotopic (exact) mass is 378 g/mol. The Balaban J connectivity index is 1.66. The summed E-state index contributed by atoms with van der Waals surface area (Å²) in [5.74, 6) is 0.0252. The number of hydrogen-bond acceptors (Lipinski definition) is 5. The van der Waals surface area contributed by atoms with Crippen molar-refractivity contribution >= 4 is 34.8 Å². The Morgan fingerprint density at radius 2 is 2.16 bits per heavy atom. The van der Waals surface area contributed by atoms with Crippen LogP contribution >= 0.6 is 22.9 Å². The number of carbonyl (C=O) groups excluding carboxylic acids is 2. The van der Waals surface area contributed by atoms with Gasteiger partial charge in [0, 0.05) is 17.5 Å². The van der Waals surface area contributed by atoms with E-state index in [9.17, 15) is 9.59 Å². The number of aromatic nitrogens is 1. The highest BCUT2D eigenvalue weighted by molar-refractivity contribution is 7.14. The number of pyridine rings is 1. The lowest BCUT2D eigenvalue weighted by Crippen LogP contribution is -2.42. The highest BCUT2D eigenvalue weighted by Crippen LogP contribution is 2.34. The van der Waals surface area contributed by atoms with Gasteiger partial charge in [-0.15, -0.1) is 11.3 Å². The van der Waals surface area contributed by atoms with Crippen molar-refractivity contribution < 1.29 is 14.3 Å². The fraction of sp³-hybridized carbons (Fsp3) is 0.389. The summed E-state index contributed by atoms with van der Waals surface area (Å²) in [6, 6.07) is 6.46. The van der Waals surface area contributed by atoms with Crippen molar-refractivity contribution in [3.8, 4) is 0 Å². The van der Waals surface area contributed by atoms with Gasteiger partial charge in [-0.2, -0.15) is 0 Å². The summed E-state index contributed by atoms with van der Waals surface area (Å²) in [5, 5.41) is 3.14. The van der Waals surface area contributed by atoms with Crippen LogP contribution < -0.4 is 5.32 Å². The lowest BCUT2D eigenvalue weighted by molar-refractivity contribution is -0.142. The van der Waals surface area contributed by atoms with Crippen LogP contribution in [-0.2, 0) is 22.4 Å². The molecular formula is C18H19ClN2O3S. The molecule has 0 saturated heterocycles. The van der Waals surface area contributed by atoms with E-state index in [4.69, 9.17) is 16.3 Å². The van der Waals surface area contributed by atoms with Crippen molar-refractivity contribution in [3.05, 3.63) is 50.9 Å². The van der Waals surface area contributed by atoms with E-state index in [0.717, 1.165) is 17.9 Å². The zero-order valence-corrected chi connectivity index (χ0v) is 15.4. The quantitative estimate of drug-likeness (QED) is 0.593. The number of hydrogen-bond donors (Lipinski definition) is 1. The van der Waals surface area contributed by atoms with Crippen LogP contribution in [0.2, 0.25) is 5.15 Å². The van der Waals surface area contributed by atoms with E-state index in [-0.39, 0.29) is 5.91 Å². The number of nitrogens with zero attached hydrogens (tertiary/aromatic N) is 1. The molecule has 2 heterocycles. The molecule has 0 bridgehead atoms. The van der Waals surface area contributed by atoms with Crippen molar-refractivity contribution in [2.45, 2.75) is 31.7 Å². The van der Waals surface area contributed by atoms with E-state index in [2.05, 4.69) is 10.3 Å². The molecule has 132 valence electrons. The van der Waals surface area contributed by atoms with E-state index in [1.165, 1.54) is 36.2 Å². The predicted octanol–water partition coefficient (Wildman–Crippen LogP) is 3.26. The third-order valence-electron chi connectivity index (χ3n) is 4.09. The molecule has 1 amide bonds.